The maximum atomic E-state index is 12.4. The summed E-state index contributed by atoms with van der Waals surface area (Å²) in [4.78, 5) is 10.7. The summed E-state index contributed by atoms with van der Waals surface area (Å²) in [6, 6.07) is 8.05. The largest absolute Gasteiger partial charge is 0.507 e. The van der Waals surface area contributed by atoms with Crippen molar-refractivity contribution in [3.05, 3.63) is 52.5 Å². The molecule has 0 saturated heterocycles. The van der Waals surface area contributed by atoms with Crippen LogP contribution in [0.4, 0.5) is 5.69 Å². The maximum absolute atomic E-state index is 12.4. The number of phenols is 1. The Morgan fingerprint density at radius 2 is 1.91 bits per heavy atom. The van der Waals surface area contributed by atoms with Crippen LogP contribution in [-0.2, 0) is 10.0 Å². The van der Waals surface area contributed by atoms with E-state index < -0.39 is 21.7 Å². The monoisotopic (exact) mass is 341 g/mol. The molecule has 0 radical (unpaired) electrons. The van der Waals surface area contributed by atoms with Crippen LogP contribution in [0.5, 0.6) is 5.75 Å². The average Bonchev–Trinajstić information content (AvgIpc) is 2.36. The minimum absolute atomic E-state index is 0.0295. The number of carboxylic acids is 1. The van der Waals surface area contributed by atoms with Gasteiger partial charge in [-0.2, -0.15) is 0 Å². The van der Waals surface area contributed by atoms with E-state index in [1.165, 1.54) is 12.1 Å². The molecule has 2 aromatic carbocycles. The Hall–Kier alpha value is -2.25. The van der Waals surface area contributed by atoms with E-state index in [-0.39, 0.29) is 21.2 Å². The molecule has 22 heavy (non-hydrogen) atoms. The van der Waals surface area contributed by atoms with E-state index in [1.54, 1.807) is 19.1 Å². The number of hydrogen-bond acceptors (Lipinski definition) is 4. The molecule has 0 aliphatic rings. The molecular formula is C14H12ClNO5S. The topological polar surface area (TPSA) is 104 Å². The van der Waals surface area contributed by atoms with E-state index in [4.69, 9.17) is 16.7 Å². The molecule has 0 fully saturated rings. The van der Waals surface area contributed by atoms with Crippen molar-refractivity contribution in [3.8, 4) is 5.75 Å². The van der Waals surface area contributed by atoms with Crippen LogP contribution in [0.3, 0.4) is 0 Å². The second kappa shape index (κ2) is 5.86. The van der Waals surface area contributed by atoms with E-state index in [9.17, 15) is 18.3 Å². The number of aryl methyl sites for hydroxylation is 1. The number of anilines is 1. The Morgan fingerprint density at radius 1 is 1.23 bits per heavy atom. The summed E-state index contributed by atoms with van der Waals surface area (Å²) < 4.78 is 27.0. The SMILES string of the molecule is Cc1cccc(Cl)c1S(=O)(=O)Nc1ccc(C(=O)O)c(O)c1. The maximum Gasteiger partial charge on any atom is 0.339 e. The van der Waals surface area contributed by atoms with E-state index in [0.717, 1.165) is 12.1 Å². The van der Waals surface area contributed by atoms with Gasteiger partial charge in [-0.15, -0.1) is 0 Å². The number of carboxylic acid groups (broad SMARTS) is 1. The van der Waals surface area contributed by atoms with Gasteiger partial charge in [-0.1, -0.05) is 23.7 Å². The highest BCUT2D eigenvalue weighted by atomic mass is 35.5. The average molecular weight is 342 g/mol. The van der Waals surface area contributed by atoms with Crippen LogP contribution < -0.4 is 4.72 Å². The number of aromatic carboxylic acids is 1. The molecule has 0 bridgehead atoms. The fraction of sp³-hybridized carbons (Fsp3) is 0.0714. The molecule has 0 aliphatic carbocycles. The molecule has 8 heteroatoms. The molecule has 0 heterocycles. The molecule has 0 amide bonds. The molecule has 0 unspecified atom stereocenters. The number of sulfonamides is 1. The van der Waals surface area contributed by atoms with E-state index in [0.29, 0.717) is 5.56 Å². The van der Waals surface area contributed by atoms with Crippen molar-refractivity contribution >= 4 is 33.3 Å². The molecule has 0 aromatic heterocycles. The van der Waals surface area contributed by atoms with E-state index in [2.05, 4.69) is 4.72 Å². The molecule has 0 atom stereocenters. The summed E-state index contributed by atoms with van der Waals surface area (Å²) in [5, 5.41) is 18.5. The van der Waals surface area contributed by atoms with E-state index >= 15 is 0 Å². The highest BCUT2D eigenvalue weighted by Gasteiger charge is 2.21. The quantitative estimate of drug-likeness (QED) is 0.793. The first-order valence-electron chi connectivity index (χ1n) is 6.06. The number of benzene rings is 2. The molecule has 3 N–H and O–H groups in total. The summed E-state index contributed by atoms with van der Waals surface area (Å²) in [6.07, 6.45) is 0. The highest BCUT2D eigenvalue weighted by molar-refractivity contribution is 7.92. The minimum atomic E-state index is -3.97. The third-order valence-electron chi connectivity index (χ3n) is 2.91. The van der Waals surface area contributed by atoms with Crippen molar-refractivity contribution in [2.45, 2.75) is 11.8 Å². The van der Waals surface area contributed by atoms with Gasteiger partial charge in [0, 0.05) is 6.07 Å². The number of hydrogen-bond donors (Lipinski definition) is 3. The lowest BCUT2D eigenvalue weighted by Gasteiger charge is -2.12. The second-order valence-corrected chi connectivity index (χ2v) is 6.55. The van der Waals surface area contributed by atoms with Gasteiger partial charge in [0.25, 0.3) is 10.0 Å². The summed E-state index contributed by atoms with van der Waals surface area (Å²) in [5.41, 5.74) is 0.171. The van der Waals surface area contributed by atoms with Crippen LogP contribution in [0.2, 0.25) is 5.02 Å². The Morgan fingerprint density at radius 3 is 2.45 bits per heavy atom. The predicted octanol–water partition coefficient (Wildman–Crippen LogP) is 2.85. The van der Waals surface area contributed by atoms with Crippen LogP contribution in [-0.4, -0.2) is 24.6 Å². The minimum Gasteiger partial charge on any atom is -0.507 e. The van der Waals surface area contributed by atoms with Crippen molar-refractivity contribution in [3.63, 3.8) is 0 Å². The molecule has 0 aliphatic heterocycles. The molecule has 6 nitrogen and oxygen atoms in total. The fourth-order valence-corrected chi connectivity index (χ4v) is 3.82. The van der Waals surface area contributed by atoms with Crippen molar-refractivity contribution in [1.82, 2.24) is 0 Å². The van der Waals surface area contributed by atoms with Crippen molar-refractivity contribution in [2.75, 3.05) is 4.72 Å². The lowest BCUT2D eigenvalue weighted by molar-refractivity contribution is 0.0694. The standard InChI is InChI=1S/C14H12ClNO5S/c1-8-3-2-4-11(15)13(8)22(20,21)16-9-5-6-10(14(18)19)12(17)7-9/h2-7,16-17H,1H3,(H,18,19). The van der Waals surface area contributed by atoms with Gasteiger partial charge in [-0.25, -0.2) is 13.2 Å². The summed E-state index contributed by atoms with van der Waals surface area (Å²) in [5.74, 6) is -1.85. The number of nitrogens with one attached hydrogen (secondary N) is 1. The zero-order valence-corrected chi connectivity index (χ0v) is 12.9. The lowest BCUT2D eigenvalue weighted by atomic mass is 10.2. The molecular weight excluding hydrogens is 330 g/mol. The number of carbonyl (C=O) groups is 1. The van der Waals surface area contributed by atoms with E-state index in [1.807, 2.05) is 0 Å². The fourth-order valence-electron chi connectivity index (χ4n) is 1.94. The second-order valence-electron chi connectivity index (χ2n) is 4.53. The van der Waals surface area contributed by atoms with Crippen LogP contribution >= 0.6 is 11.6 Å². The third-order valence-corrected chi connectivity index (χ3v) is 4.92. The highest BCUT2D eigenvalue weighted by Crippen LogP contribution is 2.28. The first kappa shape index (κ1) is 16.1. The number of aromatic hydroxyl groups is 1. The van der Waals surface area contributed by atoms with Gasteiger partial charge in [0.05, 0.1) is 10.7 Å². The number of rotatable bonds is 4. The zero-order chi connectivity index (χ0) is 16.5. The normalized spacial score (nSPS) is 11.2. The zero-order valence-electron chi connectivity index (χ0n) is 11.4. The van der Waals surface area contributed by atoms with Crippen molar-refractivity contribution < 1.29 is 23.4 Å². The van der Waals surface area contributed by atoms with Gasteiger partial charge in [0.15, 0.2) is 0 Å². The summed E-state index contributed by atoms with van der Waals surface area (Å²) >= 11 is 5.93. The molecule has 2 rings (SSSR count). The smallest absolute Gasteiger partial charge is 0.339 e. The van der Waals surface area contributed by atoms with Crippen LogP contribution in [0.1, 0.15) is 15.9 Å². The first-order valence-corrected chi connectivity index (χ1v) is 7.93. The molecule has 2 aromatic rings. The van der Waals surface area contributed by atoms with Crippen LogP contribution in [0.25, 0.3) is 0 Å². The Labute approximate surface area is 132 Å². The molecule has 116 valence electrons. The predicted molar refractivity (Wildman–Crippen MR) is 82.1 cm³/mol. The lowest BCUT2D eigenvalue weighted by Crippen LogP contribution is -2.15. The van der Waals surface area contributed by atoms with Crippen molar-refractivity contribution in [1.29, 1.82) is 0 Å². The Balaban J connectivity index is 2.42. The van der Waals surface area contributed by atoms with Gasteiger partial charge in [-0.05, 0) is 30.7 Å². The Kier molecular flexibility index (Phi) is 4.30. The van der Waals surface area contributed by atoms with Gasteiger partial charge in [-0.3, -0.25) is 4.72 Å². The first-order chi connectivity index (χ1) is 10.2. The van der Waals surface area contributed by atoms with Crippen LogP contribution in [0.15, 0.2) is 41.3 Å². The molecule has 0 saturated carbocycles. The van der Waals surface area contributed by atoms with Gasteiger partial charge >= 0.3 is 5.97 Å². The summed E-state index contributed by atoms with van der Waals surface area (Å²) in [7, 11) is -3.97. The van der Waals surface area contributed by atoms with Crippen molar-refractivity contribution in [2.24, 2.45) is 0 Å². The number of halogens is 1. The van der Waals surface area contributed by atoms with Gasteiger partial charge in [0.2, 0.25) is 0 Å². The van der Waals surface area contributed by atoms with Gasteiger partial charge in [0.1, 0.15) is 16.2 Å². The summed E-state index contributed by atoms with van der Waals surface area (Å²) in [6.45, 7) is 1.60. The van der Waals surface area contributed by atoms with Gasteiger partial charge < -0.3 is 10.2 Å². The van der Waals surface area contributed by atoms with Crippen LogP contribution in [0, 0.1) is 6.92 Å². The Bertz CT molecular complexity index is 828. The molecule has 0 spiro atoms. The third kappa shape index (κ3) is 3.15.